The minimum absolute atomic E-state index is 0.0720. The third kappa shape index (κ3) is 4.56. The molecule has 0 saturated carbocycles. The molecule has 1 rings (SSSR count). The summed E-state index contributed by atoms with van der Waals surface area (Å²) in [5.41, 5.74) is 5.87. The van der Waals surface area contributed by atoms with Crippen LogP contribution in [0.5, 0.6) is 0 Å². The maximum Gasteiger partial charge on any atom is 0.242 e. The minimum Gasteiger partial charge on any atom is -0.398 e. The predicted molar refractivity (Wildman–Crippen MR) is 74.7 cm³/mol. The lowest BCUT2D eigenvalue weighted by Gasteiger charge is -2.10. The van der Waals surface area contributed by atoms with Crippen LogP contribution in [0.2, 0.25) is 0 Å². The van der Waals surface area contributed by atoms with Crippen molar-refractivity contribution in [2.75, 3.05) is 12.3 Å². The largest absolute Gasteiger partial charge is 0.398 e. The number of benzene rings is 1. The van der Waals surface area contributed by atoms with E-state index in [-0.39, 0.29) is 17.1 Å². The Morgan fingerprint density at radius 1 is 1.50 bits per heavy atom. The Kier molecular flexibility index (Phi) is 5.58. The third-order valence-electron chi connectivity index (χ3n) is 2.35. The number of halogens is 1. The summed E-state index contributed by atoms with van der Waals surface area (Å²) < 4.78 is 27.1. The zero-order valence-electron chi connectivity index (χ0n) is 10.1. The van der Waals surface area contributed by atoms with Crippen LogP contribution in [0.3, 0.4) is 0 Å². The van der Waals surface area contributed by atoms with E-state index in [0.29, 0.717) is 12.8 Å². The van der Waals surface area contributed by atoms with Gasteiger partial charge in [-0.25, -0.2) is 13.1 Å². The molecule has 1 atom stereocenters. The van der Waals surface area contributed by atoms with Crippen molar-refractivity contribution in [3.05, 3.63) is 22.7 Å². The molecule has 0 bridgehead atoms. The van der Waals surface area contributed by atoms with Crippen LogP contribution in [0.25, 0.3) is 0 Å². The van der Waals surface area contributed by atoms with E-state index in [0.717, 1.165) is 4.47 Å². The number of hydrogen-bond acceptors (Lipinski definition) is 4. The molecule has 0 aliphatic heterocycles. The van der Waals surface area contributed by atoms with E-state index >= 15 is 0 Å². The van der Waals surface area contributed by atoms with E-state index in [1.165, 1.54) is 6.07 Å². The first kappa shape index (κ1) is 15.4. The number of nitrogen functional groups attached to an aromatic ring is 1. The highest BCUT2D eigenvalue weighted by Gasteiger charge is 2.16. The van der Waals surface area contributed by atoms with E-state index in [1.807, 2.05) is 0 Å². The van der Waals surface area contributed by atoms with Crippen molar-refractivity contribution < 1.29 is 13.5 Å². The molecule has 0 aliphatic carbocycles. The van der Waals surface area contributed by atoms with Gasteiger partial charge in [0.1, 0.15) is 4.90 Å². The van der Waals surface area contributed by atoms with Gasteiger partial charge >= 0.3 is 0 Å². The molecule has 7 heteroatoms. The number of anilines is 1. The fourth-order valence-electron chi connectivity index (χ4n) is 1.45. The molecule has 0 amide bonds. The number of aliphatic hydroxyl groups excluding tert-OH is 1. The van der Waals surface area contributed by atoms with E-state index in [1.54, 1.807) is 19.1 Å². The number of nitrogens with one attached hydrogen (secondary N) is 1. The minimum atomic E-state index is -3.58. The fourth-order valence-corrected chi connectivity index (χ4v) is 3.01. The van der Waals surface area contributed by atoms with Crippen LogP contribution in [-0.2, 0) is 10.0 Å². The average Bonchev–Trinajstić information content (AvgIpc) is 2.23. The number of sulfonamides is 1. The summed E-state index contributed by atoms with van der Waals surface area (Å²) in [6.45, 7) is 1.95. The number of nitrogens with two attached hydrogens (primary N) is 1. The molecule has 0 saturated heterocycles. The molecule has 1 aromatic rings. The number of rotatable bonds is 6. The highest BCUT2D eigenvalue weighted by atomic mass is 79.9. The van der Waals surface area contributed by atoms with Gasteiger partial charge < -0.3 is 10.8 Å². The van der Waals surface area contributed by atoms with Crippen molar-refractivity contribution in [2.45, 2.75) is 30.8 Å². The second-order valence-corrected chi connectivity index (χ2v) is 6.72. The quantitative estimate of drug-likeness (QED) is 0.541. The predicted octanol–water partition coefficient (Wildman–Crippen LogP) is 1.47. The Morgan fingerprint density at radius 3 is 2.72 bits per heavy atom. The van der Waals surface area contributed by atoms with Crippen molar-refractivity contribution in [2.24, 2.45) is 0 Å². The normalized spacial score (nSPS) is 13.5. The molecule has 4 N–H and O–H groups in total. The molecular weight excluding hydrogens is 320 g/mol. The monoisotopic (exact) mass is 336 g/mol. The van der Waals surface area contributed by atoms with Crippen LogP contribution in [-0.4, -0.2) is 26.2 Å². The van der Waals surface area contributed by atoms with Gasteiger partial charge in [-0.15, -0.1) is 0 Å². The van der Waals surface area contributed by atoms with Gasteiger partial charge in [0, 0.05) is 11.0 Å². The lowest BCUT2D eigenvalue weighted by molar-refractivity contribution is 0.182. The summed E-state index contributed by atoms with van der Waals surface area (Å²) >= 11 is 3.22. The second-order valence-electron chi connectivity index (χ2n) is 4.07. The Labute approximate surface area is 116 Å². The first-order chi connectivity index (χ1) is 8.33. The molecule has 0 radical (unpaired) electrons. The van der Waals surface area contributed by atoms with E-state index < -0.39 is 16.1 Å². The number of hydrogen-bond donors (Lipinski definition) is 3. The lowest BCUT2D eigenvalue weighted by Crippen LogP contribution is -2.26. The Morgan fingerprint density at radius 2 is 2.17 bits per heavy atom. The maximum absolute atomic E-state index is 11.9. The van der Waals surface area contributed by atoms with Gasteiger partial charge in [0.05, 0.1) is 11.8 Å². The molecule has 1 unspecified atom stereocenters. The molecule has 0 aromatic heterocycles. The summed E-state index contributed by atoms with van der Waals surface area (Å²) in [5, 5.41) is 9.07. The standard InChI is InChI=1S/C11H17BrN2O3S/c1-8(15)3-2-6-14-18(16,17)11-5-4-9(12)7-10(11)13/h4-5,7-8,14-15H,2-3,6,13H2,1H3. The van der Waals surface area contributed by atoms with Crippen LogP contribution in [0.4, 0.5) is 5.69 Å². The Balaban J connectivity index is 2.69. The molecule has 18 heavy (non-hydrogen) atoms. The summed E-state index contributed by atoms with van der Waals surface area (Å²) in [5.74, 6) is 0. The molecule has 5 nitrogen and oxygen atoms in total. The highest BCUT2D eigenvalue weighted by molar-refractivity contribution is 9.10. The smallest absolute Gasteiger partial charge is 0.242 e. The molecule has 102 valence electrons. The highest BCUT2D eigenvalue weighted by Crippen LogP contribution is 2.22. The SMILES string of the molecule is CC(O)CCCNS(=O)(=O)c1ccc(Br)cc1N. The van der Waals surface area contributed by atoms with Crippen LogP contribution in [0, 0.1) is 0 Å². The molecule has 0 heterocycles. The van der Waals surface area contributed by atoms with Crippen LogP contribution >= 0.6 is 15.9 Å². The van der Waals surface area contributed by atoms with Gasteiger partial charge in [-0.1, -0.05) is 15.9 Å². The first-order valence-corrected chi connectivity index (χ1v) is 7.83. The molecule has 0 aliphatic rings. The van der Waals surface area contributed by atoms with Gasteiger partial charge in [0.15, 0.2) is 0 Å². The van der Waals surface area contributed by atoms with Crippen LogP contribution in [0.15, 0.2) is 27.6 Å². The van der Waals surface area contributed by atoms with Crippen LogP contribution < -0.4 is 10.5 Å². The average molecular weight is 337 g/mol. The van der Waals surface area contributed by atoms with Crippen molar-refractivity contribution in [3.8, 4) is 0 Å². The summed E-state index contributed by atoms with van der Waals surface area (Å²) in [4.78, 5) is 0.0720. The Hall–Kier alpha value is -0.630. The van der Waals surface area contributed by atoms with E-state index in [4.69, 9.17) is 10.8 Å². The van der Waals surface area contributed by atoms with Crippen LogP contribution in [0.1, 0.15) is 19.8 Å². The Bertz CT molecular complexity index is 503. The summed E-state index contributed by atoms with van der Waals surface area (Å²) in [7, 11) is -3.58. The lowest BCUT2D eigenvalue weighted by atomic mass is 10.2. The van der Waals surface area contributed by atoms with Gasteiger partial charge in [-0.05, 0) is 38.0 Å². The molecule has 0 spiro atoms. The zero-order valence-corrected chi connectivity index (χ0v) is 12.5. The topological polar surface area (TPSA) is 92.4 Å². The van der Waals surface area contributed by atoms with Crippen molar-refractivity contribution in [1.82, 2.24) is 4.72 Å². The van der Waals surface area contributed by atoms with Crippen molar-refractivity contribution in [1.29, 1.82) is 0 Å². The fraction of sp³-hybridized carbons (Fsp3) is 0.455. The zero-order chi connectivity index (χ0) is 13.8. The van der Waals surface area contributed by atoms with Crippen molar-refractivity contribution in [3.63, 3.8) is 0 Å². The summed E-state index contributed by atoms with van der Waals surface area (Å²) in [6.07, 6.45) is 0.707. The van der Waals surface area contributed by atoms with Gasteiger partial charge in [0.2, 0.25) is 10.0 Å². The molecule has 1 aromatic carbocycles. The maximum atomic E-state index is 11.9. The van der Waals surface area contributed by atoms with Gasteiger partial charge in [-0.3, -0.25) is 0 Å². The first-order valence-electron chi connectivity index (χ1n) is 5.55. The number of aliphatic hydroxyl groups is 1. The van der Waals surface area contributed by atoms with Gasteiger partial charge in [0.25, 0.3) is 0 Å². The molecular formula is C11H17BrN2O3S. The van der Waals surface area contributed by atoms with E-state index in [9.17, 15) is 8.42 Å². The molecule has 0 fully saturated rings. The van der Waals surface area contributed by atoms with Crippen molar-refractivity contribution >= 4 is 31.6 Å². The summed E-state index contributed by atoms with van der Waals surface area (Å²) in [6, 6.07) is 4.63. The van der Waals surface area contributed by atoms with E-state index in [2.05, 4.69) is 20.7 Å². The van der Waals surface area contributed by atoms with Gasteiger partial charge in [-0.2, -0.15) is 0 Å². The second kappa shape index (κ2) is 6.51. The third-order valence-corrected chi connectivity index (χ3v) is 4.38.